The van der Waals surface area contributed by atoms with Gasteiger partial charge in [-0.15, -0.1) is 11.3 Å². The summed E-state index contributed by atoms with van der Waals surface area (Å²) >= 11 is 1.67. The van der Waals surface area contributed by atoms with Gasteiger partial charge in [0.05, 0.1) is 15.9 Å². The van der Waals surface area contributed by atoms with Crippen LogP contribution in [0.15, 0.2) is 66.7 Å². The Morgan fingerprint density at radius 3 is 2.75 bits per heavy atom. The first kappa shape index (κ1) is 20.8. The van der Waals surface area contributed by atoms with Gasteiger partial charge in [0.15, 0.2) is 0 Å². The number of thiazole rings is 1. The Labute approximate surface area is 192 Å². The molecule has 5 rings (SSSR count). The van der Waals surface area contributed by atoms with Gasteiger partial charge in [0.25, 0.3) is 5.91 Å². The van der Waals surface area contributed by atoms with E-state index in [-0.39, 0.29) is 5.91 Å². The van der Waals surface area contributed by atoms with Crippen molar-refractivity contribution < 1.29 is 4.79 Å². The lowest BCUT2D eigenvalue weighted by Gasteiger charge is -2.27. The summed E-state index contributed by atoms with van der Waals surface area (Å²) in [5.74, 6) is -0.111. The summed E-state index contributed by atoms with van der Waals surface area (Å²) in [6.07, 6.45) is 0. The van der Waals surface area contributed by atoms with E-state index in [9.17, 15) is 4.79 Å². The maximum atomic E-state index is 12.8. The highest BCUT2D eigenvalue weighted by atomic mass is 32.1. The van der Waals surface area contributed by atoms with Gasteiger partial charge in [-0.25, -0.2) is 4.98 Å². The van der Waals surface area contributed by atoms with Crippen LogP contribution in [-0.2, 0) is 6.54 Å². The molecule has 0 spiro atoms. The molecule has 1 saturated heterocycles. The third-order valence-electron chi connectivity index (χ3n) is 5.75. The van der Waals surface area contributed by atoms with E-state index in [0.29, 0.717) is 5.56 Å². The number of nitrogens with one attached hydrogen (secondary N) is 2. The third kappa shape index (κ3) is 4.58. The molecule has 0 radical (unpaired) electrons. The van der Waals surface area contributed by atoms with Crippen molar-refractivity contribution in [2.45, 2.75) is 13.5 Å². The second-order valence-electron chi connectivity index (χ2n) is 8.22. The lowest BCUT2D eigenvalue weighted by Crippen LogP contribution is -2.42. The first-order valence-electron chi connectivity index (χ1n) is 11.0. The zero-order chi connectivity index (χ0) is 21.9. The lowest BCUT2D eigenvalue weighted by molar-refractivity contribution is 0.102. The molecule has 0 atom stereocenters. The smallest absolute Gasteiger partial charge is 0.255 e. The van der Waals surface area contributed by atoms with Crippen molar-refractivity contribution >= 4 is 33.1 Å². The number of benzene rings is 3. The second kappa shape index (κ2) is 9.20. The van der Waals surface area contributed by atoms with Crippen LogP contribution in [0.5, 0.6) is 0 Å². The van der Waals surface area contributed by atoms with Crippen LogP contribution >= 0.6 is 11.3 Å². The molecule has 3 aromatic carbocycles. The Balaban J connectivity index is 1.40. The predicted octanol–water partition coefficient (Wildman–Crippen LogP) is 4.93. The molecular weight excluding hydrogens is 416 g/mol. The Morgan fingerprint density at radius 1 is 1.06 bits per heavy atom. The predicted molar refractivity (Wildman–Crippen MR) is 132 cm³/mol. The van der Waals surface area contributed by atoms with Gasteiger partial charge >= 0.3 is 0 Å². The van der Waals surface area contributed by atoms with Gasteiger partial charge in [0.2, 0.25) is 0 Å². The number of aromatic nitrogens is 1. The summed E-state index contributed by atoms with van der Waals surface area (Å²) in [5, 5.41) is 7.40. The number of nitrogens with zero attached hydrogens (tertiary/aromatic N) is 2. The summed E-state index contributed by atoms with van der Waals surface area (Å²) in [5.41, 5.74) is 5.75. The number of rotatable bonds is 5. The third-order valence-corrected chi connectivity index (χ3v) is 6.81. The molecule has 2 heterocycles. The number of carbonyl (C=O) groups is 1. The number of anilines is 1. The fraction of sp³-hybridized carbons (Fsp3) is 0.231. The van der Waals surface area contributed by atoms with Crippen molar-refractivity contribution in [1.82, 2.24) is 15.2 Å². The molecule has 0 unspecified atom stereocenters. The highest BCUT2D eigenvalue weighted by molar-refractivity contribution is 7.21. The highest BCUT2D eigenvalue weighted by Gasteiger charge is 2.15. The molecule has 2 N–H and O–H groups in total. The topological polar surface area (TPSA) is 57.3 Å². The number of aryl methyl sites for hydroxylation is 1. The Morgan fingerprint density at radius 2 is 1.91 bits per heavy atom. The number of hydrogen-bond acceptors (Lipinski definition) is 5. The molecular formula is C26H26N4OS. The first-order valence-corrected chi connectivity index (χ1v) is 11.8. The van der Waals surface area contributed by atoms with Gasteiger partial charge in [0.1, 0.15) is 5.01 Å². The zero-order valence-electron chi connectivity index (χ0n) is 18.1. The number of carbonyl (C=O) groups excluding carboxylic acids is 1. The number of piperazine rings is 1. The van der Waals surface area contributed by atoms with E-state index in [1.54, 1.807) is 11.3 Å². The minimum Gasteiger partial charge on any atom is -0.321 e. The molecule has 162 valence electrons. The van der Waals surface area contributed by atoms with E-state index in [1.165, 1.54) is 10.3 Å². The van der Waals surface area contributed by atoms with Crippen molar-refractivity contribution in [3.05, 3.63) is 83.4 Å². The molecule has 5 nitrogen and oxygen atoms in total. The summed E-state index contributed by atoms with van der Waals surface area (Å²) in [6, 6.07) is 22.1. The van der Waals surface area contributed by atoms with Crippen LogP contribution in [-0.4, -0.2) is 42.0 Å². The molecule has 0 saturated carbocycles. The minimum absolute atomic E-state index is 0.111. The van der Waals surface area contributed by atoms with Crippen molar-refractivity contribution in [2.24, 2.45) is 0 Å². The first-order chi connectivity index (χ1) is 15.7. The Bertz CT molecular complexity index is 1260. The van der Waals surface area contributed by atoms with E-state index in [1.807, 2.05) is 55.5 Å². The molecule has 0 bridgehead atoms. The van der Waals surface area contributed by atoms with Gasteiger partial charge < -0.3 is 10.6 Å². The largest absolute Gasteiger partial charge is 0.321 e. The average Bonchev–Trinajstić information content (AvgIpc) is 3.23. The molecule has 1 aromatic heterocycles. The van der Waals surface area contributed by atoms with Crippen molar-refractivity contribution in [1.29, 1.82) is 0 Å². The molecule has 1 amide bonds. The van der Waals surface area contributed by atoms with Crippen molar-refractivity contribution in [3.63, 3.8) is 0 Å². The van der Waals surface area contributed by atoms with E-state index in [4.69, 9.17) is 4.98 Å². The molecule has 4 aromatic rings. The molecule has 32 heavy (non-hydrogen) atoms. The average molecular weight is 443 g/mol. The quantitative estimate of drug-likeness (QED) is 0.460. The standard InChI is InChI=1S/C26H26N4OS/c1-18-5-4-6-20(15-18)25(31)28-22-8-3-2-7-21(22)26-29-23-10-9-19(16-24(23)32-26)17-30-13-11-27-12-14-30/h2-10,15-16,27H,11-14,17H2,1H3,(H,28,31). The molecule has 0 aliphatic carbocycles. The summed E-state index contributed by atoms with van der Waals surface area (Å²) < 4.78 is 1.17. The fourth-order valence-electron chi connectivity index (χ4n) is 4.07. The molecule has 1 aliphatic heterocycles. The SMILES string of the molecule is Cc1cccc(C(=O)Nc2ccccc2-c2nc3ccc(CN4CCNCC4)cc3s2)c1. The van der Waals surface area contributed by atoms with E-state index in [2.05, 4.69) is 33.7 Å². The van der Waals surface area contributed by atoms with E-state index >= 15 is 0 Å². The summed E-state index contributed by atoms with van der Waals surface area (Å²) in [7, 11) is 0. The monoisotopic (exact) mass is 442 g/mol. The van der Waals surface area contributed by atoms with Gasteiger partial charge in [-0.05, 0) is 48.9 Å². The van der Waals surface area contributed by atoms with Crippen LogP contribution in [0.2, 0.25) is 0 Å². The zero-order valence-corrected chi connectivity index (χ0v) is 18.9. The van der Waals surface area contributed by atoms with Crippen LogP contribution in [0, 0.1) is 6.92 Å². The number of amides is 1. The van der Waals surface area contributed by atoms with Crippen molar-refractivity contribution in [3.8, 4) is 10.6 Å². The van der Waals surface area contributed by atoms with Crippen LogP contribution in [0.3, 0.4) is 0 Å². The summed E-state index contributed by atoms with van der Waals surface area (Å²) in [6.45, 7) is 7.23. The maximum absolute atomic E-state index is 12.8. The van der Waals surface area contributed by atoms with Crippen molar-refractivity contribution in [2.75, 3.05) is 31.5 Å². The Kier molecular flexibility index (Phi) is 5.99. The summed E-state index contributed by atoms with van der Waals surface area (Å²) in [4.78, 5) is 20.2. The van der Waals surface area contributed by atoms with E-state index in [0.717, 1.165) is 60.1 Å². The number of hydrogen-bond donors (Lipinski definition) is 2. The molecule has 6 heteroatoms. The van der Waals surface area contributed by atoms with Gasteiger partial charge in [-0.2, -0.15) is 0 Å². The van der Waals surface area contributed by atoms with Gasteiger partial charge in [0, 0.05) is 43.9 Å². The van der Waals surface area contributed by atoms with Crippen LogP contribution in [0.1, 0.15) is 21.5 Å². The van der Waals surface area contributed by atoms with Gasteiger partial charge in [-0.3, -0.25) is 9.69 Å². The van der Waals surface area contributed by atoms with Gasteiger partial charge in [-0.1, -0.05) is 35.9 Å². The highest BCUT2D eigenvalue weighted by Crippen LogP contribution is 2.35. The maximum Gasteiger partial charge on any atom is 0.255 e. The van der Waals surface area contributed by atoms with Crippen LogP contribution < -0.4 is 10.6 Å². The normalized spacial score (nSPS) is 14.5. The van der Waals surface area contributed by atoms with E-state index < -0.39 is 0 Å². The lowest BCUT2D eigenvalue weighted by atomic mass is 10.1. The number of fused-ring (bicyclic) bond motifs is 1. The number of para-hydroxylation sites is 1. The Hall–Kier alpha value is -3.06. The molecule has 1 aliphatic rings. The fourth-order valence-corrected chi connectivity index (χ4v) is 5.14. The minimum atomic E-state index is -0.111. The van der Waals surface area contributed by atoms with Crippen LogP contribution in [0.4, 0.5) is 5.69 Å². The molecule has 1 fully saturated rings. The van der Waals surface area contributed by atoms with Crippen LogP contribution in [0.25, 0.3) is 20.8 Å². The second-order valence-corrected chi connectivity index (χ2v) is 9.25.